The number of aliphatic carboxylic acids is 1. The molecule has 0 aliphatic rings. The van der Waals surface area contributed by atoms with Gasteiger partial charge in [0.2, 0.25) is 0 Å². The van der Waals surface area contributed by atoms with Crippen LogP contribution in [0.2, 0.25) is 0 Å². The first-order valence-electron chi connectivity index (χ1n) is 14.3. The standard InChI is InChI=1S/C28H57NO5/c1-4-6-8-10-12-14-16-18-20-25(31)22-29(27(24(3)30)28(33)34)23-26(32)21-19-17-15-13-11-9-7-5-2/h24-27,30-32H,4-23H2,1-3H3,(H,33,34). The lowest BCUT2D eigenvalue weighted by Crippen LogP contribution is -2.53. The van der Waals surface area contributed by atoms with E-state index in [1.165, 1.54) is 84.0 Å². The Morgan fingerprint density at radius 3 is 1.24 bits per heavy atom. The van der Waals surface area contributed by atoms with Crippen molar-refractivity contribution < 1.29 is 25.2 Å². The summed E-state index contributed by atoms with van der Waals surface area (Å²) in [4.78, 5) is 13.4. The molecule has 0 aromatic carbocycles. The molecule has 6 heteroatoms. The van der Waals surface area contributed by atoms with E-state index in [4.69, 9.17) is 0 Å². The van der Waals surface area contributed by atoms with Gasteiger partial charge in [0.15, 0.2) is 0 Å². The number of aliphatic hydroxyl groups is 3. The van der Waals surface area contributed by atoms with E-state index in [1.807, 2.05) is 0 Å². The quantitative estimate of drug-likeness (QED) is 0.120. The minimum Gasteiger partial charge on any atom is -0.480 e. The van der Waals surface area contributed by atoms with Gasteiger partial charge in [-0.25, -0.2) is 0 Å². The van der Waals surface area contributed by atoms with Gasteiger partial charge in [-0.3, -0.25) is 9.69 Å². The van der Waals surface area contributed by atoms with E-state index in [0.29, 0.717) is 12.8 Å². The molecule has 0 saturated carbocycles. The summed E-state index contributed by atoms with van der Waals surface area (Å²) < 4.78 is 0. The number of carbonyl (C=O) groups is 1. The molecule has 0 fully saturated rings. The van der Waals surface area contributed by atoms with Crippen LogP contribution in [0.3, 0.4) is 0 Å². The molecule has 0 amide bonds. The summed E-state index contributed by atoms with van der Waals surface area (Å²) in [5.41, 5.74) is 0. The predicted octanol–water partition coefficient (Wildman–Crippen LogP) is 5.91. The van der Waals surface area contributed by atoms with Crippen molar-refractivity contribution in [2.45, 2.75) is 161 Å². The Balaban J connectivity index is 4.41. The molecule has 0 saturated heterocycles. The first kappa shape index (κ1) is 33.3. The Bertz CT molecular complexity index is 432. The maximum absolute atomic E-state index is 11.8. The molecule has 6 nitrogen and oxygen atoms in total. The molecule has 0 rings (SSSR count). The predicted molar refractivity (Wildman–Crippen MR) is 141 cm³/mol. The molecule has 0 aromatic rings. The summed E-state index contributed by atoms with van der Waals surface area (Å²) in [6.45, 7) is 6.21. The molecule has 4 N–H and O–H groups in total. The van der Waals surface area contributed by atoms with Gasteiger partial charge < -0.3 is 20.4 Å². The normalized spacial score (nSPS) is 15.4. The van der Waals surface area contributed by atoms with Crippen LogP contribution in [0.4, 0.5) is 0 Å². The first-order chi connectivity index (χ1) is 16.3. The minimum absolute atomic E-state index is 0.160. The summed E-state index contributed by atoms with van der Waals surface area (Å²) in [5, 5.41) is 40.8. The Labute approximate surface area is 210 Å². The molecular formula is C28H57NO5. The van der Waals surface area contributed by atoms with E-state index in [-0.39, 0.29) is 13.1 Å². The van der Waals surface area contributed by atoms with E-state index in [2.05, 4.69) is 13.8 Å². The van der Waals surface area contributed by atoms with E-state index in [1.54, 1.807) is 4.90 Å². The zero-order chi connectivity index (χ0) is 25.6. The Kier molecular flexibility index (Phi) is 22.3. The van der Waals surface area contributed by atoms with Gasteiger partial charge in [0.25, 0.3) is 0 Å². The summed E-state index contributed by atoms with van der Waals surface area (Å²) in [7, 11) is 0. The van der Waals surface area contributed by atoms with Crippen LogP contribution in [0, 0.1) is 0 Å². The molecule has 0 heterocycles. The lowest BCUT2D eigenvalue weighted by Gasteiger charge is -2.33. The summed E-state index contributed by atoms with van der Waals surface area (Å²) >= 11 is 0. The average Bonchev–Trinajstić information content (AvgIpc) is 2.76. The SMILES string of the molecule is CCCCCCCCCCC(O)CN(CC(O)CCCCCCCCCC)C(C(=O)O)C(C)O. The lowest BCUT2D eigenvalue weighted by molar-refractivity contribution is -0.149. The van der Waals surface area contributed by atoms with Gasteiger partial charge in [0.1, 0.15) is 6.04 Å². The van der Waals surface area contributed by atoms with Crippen molar-refractivity contribution >= 4 is 5.97 Å². The van der Waals surface area contributed by atoms with Crippen LogP contribution in [-0.2, 0) is 4.79 Å². The molecular weight excluding hydrogens is 430 g/mol. The van der Waals surface area contributed by atoms with Crippen molar-refractivity contribution in [2.75, 3.05) is 13.1 Å². The summed E-state index contributed by atoms with van der Waals surface area (Å²) in [6, 6.07) is -1.12. The van der Waals surface area contributed by atoms with Crippen LogP contribution in [0.1, 0.15) is 136 Å². The van der Waals surface area contributed by atoms with Crippen LogP contribution in [0.25, 0.3) is 0 Å². The zero-order valence-electron chi connectivity index (χ0n) is 22.6. The minimum atomic E-state index is -1.12. The third-order valence-corrected chi connectivity index (χ3v) is 6.78. The van der Waals surface area contributed by atoms with Crippen LogP contribution in [0.15, 0.2) is 0 Å². The number of carboxylic acid groups (broad SMARTS) is 1. The highest BCUT2D eigenvalue weighted by molar-refractivity contribution is 5.74. The lowest BCUT2D eigenvalue weighted by atomic mass is 10.0. The second-order valence-corrected chi connectivity index (χ2v) is 10.3. The average molecular weight is 488 g/mol. The smallest absolute Gasteiger partial charge is 0.323 e. The molecule has 0 aliphatic carbocycles. The van der Waals surface area contributed by atoms with Crippen molar-refractivity contribution in [3.63, 3.8) is 0 Å². The topological polar surface area (TPSA) is 101 Å². The summed E-state index contributed by atoms with van der Waals surface area (Å²) in [5.74, 6) is -1.12. The van der Waals surface area contributed by atoms with E-state index < -0.39 is 30.3 Å². The zero-order valence-corrected chi connectivity index (χ0v) is 22.6. The van der Waals surface area contributed by atoms with Crippen LogP contribution < -0.4 is 0 Å². The number of hydrogen-bond donors (Lipinski definition) is 4. The first-order valence-corrected chi connectivity index (χ1v) is 14.3. The third-order valence-electron chi connectivity index (χ3n) is 6.78. The fraction of sp³-hybridized carbons (Fsp3) is 0.964. The Morgan fingerprint density at radius 2 is 0.941 bits per heavy atom. The molecule has 204 valence electrons. The number of rotatable bonds is 25. The molecule has 4 atom stereocenters. The molecule has 34 heavy (non-hydrogen) atoms. The highest BCUT2D eigenvalue weighted by Crippen LogP contribution is 2.16. The van der Waals surface area contributed by atoms with E-state index in [9.17, 15) is 25.2 Å². The molecule has 0 spiro atoms. The molecule has 0 bridgehead atoms. The van der Waals surface area contributed by atoms with Gasteiger partial charge in [-0.2, -0.15) is 0 Å². The molecule has 0 aliphatic heterocycles. The monoisotopic (exact) mass is 487 g/mol. The highest BCUT2D eigenvalue weighted by atomic mass is 16.4. The maximum atomic E-state index is 11.8. The maximum Gasteiger partial charge on any atom is 0.323 e. The number of nitrogens with zero attached hydrogens (tertiary/aromatic N) is 1. The number of hydrogen-bond acceptors (Lipinski definition) is 5. The second kappa shape index (κ2) is 22.8. The number of aliphatic hydroxyl groups excluding tert-OH is 3. The Hall–Kier alpha value is -0.690. The van der Waals surface area contributed by atoms with Gasteiger partial charge in [0.05, 0.1) is 18.3 Å². The highest BCUT2D eigenvalue weighted by Gasteiger charge is 2.32. The van der Waals surface area contributed by atoms with Gasteiger partial charge in [0, 0.05) is 13.1 Å². The van der Waals surface area contributed by atoms with Crippen LogP contribution in [0.5, 0.6) is 0 Å². The van der Waals surface area contributed by atoms with E-state index in [0.717, 1.165) is 25.7 Å². The number of carboxylic acids is 1. The van der Waals surface area contributed by atoms with Crippen LogP contribution in [-0.4, -0.2) is 68.7 Å². The van der Waals surface area contributed by atoms with Gasteiger partial charge in [-0.05, 0) is 19.8 Å². The molecule has 0 aromatic heterocycles. The summed E-state index contributed by atoms with van der Waals surface area (Å²) in [6.07, 6.45) is 17.9. The van der Waals surface area contributed by atoms with Crippen molar-refractivity contribution in [3.8, 4) is 0 Å². The largest absolute Gasteiger partial charge is 0.480 e. The number of unbranched alkanes of at least 4 members (excludes halogenated alkanes) is 14. The fourth-order valence-electron chi connectivity index (χ4n) is 4.72. The van der Waals surface area contributed by atoms with Crippen molar-refractivity contribution in [1.29, 1.82) is 0 Å². The third kappa shape index (κ3) is 18.6. The van der Waals surface area contributed by atoms with Gasteiger partial charge in [-0.15, -0.1) is 0 Å². The van der Waals surface area contributed by atoms with Crippen LogP contribution >= 0.6 is 0 Å². The molecule has 0 radical (unpaired) electrons. The van der Waals surface area contributed by atoms with Crippen molar-refractivity contribution in [2.24, 2.45) is 0 Å². The second-order valence-electron chi connectivity index (χ2n) is 10.3. The fourth-order valence-corrected chi connectivity index (χ4v) is 4.72. The van der Waals surface area contributed by atoms with Crippen molar-refractivity contribution in [3.05, 3.63) is 0 Å². The van der Waals surface area contributed by atoms with Gasteiger partial charge >= 0.3 is 5.97 Å². The van der Waals surface area contributed by atoms with E-state index >= 15 is 0 Å². The van der Waals surface area contributed by atoms with Crippen molar-refractivity contribution in [1.82, 2.24) is 4.90 Å². The van der Waals surface area contributed by atoms with Gasteiger partial charge in [-0.1, -0.05) is 117 Å². The Morgan fingerprint density at radius 1 is 0.618 bits per heavy atom. The molecule has 4 unspecified atom stereocenters.